The fourth-order valence-corrected chi connectivity index (χ4v) is 2.96. The fourth-order valence-electron chi connectivity index (χ4n) is 2.96. The van der Waals surface area contributed by atoms with Crippen molar-refractivity contribution in [2.75, 3.05) is 13.1 Å². The summed E-state index contributed by atoms with van der Waals surface area (Å²) in [7, 11) is 0. The highest BCUT2D eigenvalue weighted by atomic mass is 15.8. The lowest BCUT2D eigenvalue weighted by Crippen LogP contribution is -2.21. The van der Waals surface area contributed by atoms with Crippen molar-refractivity contribution < 1.29 is 0 Å². The molecule has 0 bridgehead atoms. The molecule has 2 rings (SSSR count). The lowest BCUT2D eigenvalue weighted by atomic mass is 10.1. The molecule has 4 heteroatoms. The minimum absolute atomic E-state index is 0.332. The van der Waals surface area contributed by atoms with E-state index in [1.54, 1.807) is 0 Å². The van der Waals surface area contributed by atoms with E-state index in [1.807, 2.05) is 0 Å². The van der Waals surface area contributed by atoms with Crippen LogP contribution in [0, 0.1) is 0 Å². The van der Waals surface area contributed by atoms with Gasteiger partial charge in [0.2, 0.25) is 0 Å². The average Bonchev–Trinajstić information content (AvgIpc) is 3.24. The molecule has 100 valence electrons. The molecule has 17 heavy (non-hydrogen) atoms. The summed E-state index contributed by atoms with van der Waals surface area (Å²) in [6.45, 7) is 11.4. The van der Waals surface area contributed by atoms with Gasteiger partial charge in [-0.1, -0.05) is 27.7 Å². The van der Waals surface area contributed by atoms with Crippen LogP contribution in [-0.2, 0) is 0 Å². The Balaban J connectivity index is 1.63. The van der Waals surface area contributed by atoms with E-state index >= 15 is 0 Å². The van der Waals surface area contributed by atoms with Gasteiger partial charge in [0.05, 0.1) is 11.3 Å². The third-order valence-electron chi connectivity index (χ3n) is 4.72. The Morgan fingerprint density at radius 1 is 0.706 bits per heavy atom. The molecule has 2 aliphatic heterocycles. The van der Waals surface area contributed by atoms with Crippen molar-refractivity contribution in [2.24, 2.45) is 0 Å². The van der Waals surface area contributed by atoms with Gasteiger partial charge in [0.1, 0.15) is 0 Å². The molecule has 0 spiro atoms. The summed E-state index contributed by atoms with van der Waals surface area (Å²) in [5, 5.41) is 4.83. The van der Waals surface area contributed by atoms with Crippen LogP contribution in [0.1, 0.15) is 59.8 Å². The molecule has 2 heterocycles. The first-order valence-electron chi connectivity index (χ1n) is 7.27. The largest absolute Gasteiger partial charge is 0.232 e. The third kappa shape index (κ3) is 2.36. The predicted octanol–water partition coefficient (Wildman–Crippen LogP) is 2.05. The van der Waals surface area contributed by atoms with E-state index in [0.717, 1.165) is 0 Å². The van der Waals surface area contributed by atoms with Gasteiger partial charge in [-0.05, 0) is 32.1 Å². The first-order valence-corrected chi connectivity index (χ1v) is 7.27. The molecule has 2 N–H and O–H groups in total. The van der Waals surface area contributed by atoms with Crippen molar-refractivity contribution in [3.63, 3.8) is 0 Å². The molecule has 0 saturated carbocycles. The Labute approximate surface area is 106 Å². The van der Waals surface area contributed by atoms with Crippen LogP contribution in [0.25, 0.3) is 0 Å². The Morgan fingerprint density at radius 2 is 1.06 bits per heavy atom. The summed E-state index contributed by atoms with van der Waals surface area (Å²) in [5.41, 5.74) is 7.70. The van der Waals surface area contributed by atoms with Gasteiger partial charge < -0.3 is 0 Å². The summed E-state index contributed by atoms with van der Waals surface area (Å²) >= 11 is 0. The molecule has 0 radical (unpaired) electrons. The molecule has 2 aliphatic rings. The average molecular weight is 240 g/mol. The van der Waals surface area contributed by atoms with Crippen molar-refractivity contribution in [2.45, 2.75) is 71.1 Å². The van der Waals surface area contributed by atoms with Crippen LogP contribution in [-0.4, -0.2) is 34.4 Å². The minimum atomic E-state index is 0.332. The Kier molecular flexibility index (Phi) is 3.78. The Hall–Kier alpha value is -0.160. The molecular weight excluding hydrogens is 212 g/mol. The molecule has 4 nitrogen and oxygen atoms in total. The molecule has 0 amide bonds. The van der Waals surface area contributed by atoms with Crippen molar-refractivity contribution in [3.8, 4) is 0 Å². The van der Waals surface area contributed by atoms with Crippen LogP contribution in [0.5, 0.6) is 0 Å². The molecule has 0 aromatic carbocycles. The summed E-state index contributed by atoms with van der Waals surface area (Å²) in [6.07, 6.45) is 6.07. The summed E-state index contributed by atoms with van der Waals surface area (Å²) in [5.74, 6) is 0. The quantitative estimate of drug-likeness (QED) is 0.638. The monoisotopic (exact) mass is 240 g/mol. The SMILES string of the molecule is CCC1(CC)NN1CCCN1NC1(CC)CC. The zero-order valence-electron chi connectivity index (χ0n) is 11.8. The summed E-state index contributed by atoms with van der Waals surface area (Å²) in [6, 6.07) is 0. The highest BCUT2D eigenvalue weighted by molar-refractivity contribution is 4.97. The maximum Gasteiger partial charge on any atom is 0.0968 e. The number of hydrogen-bond acceptors (Lipinski definition) is 4. The lowest BCUT2D eigenvalue weighted by Gasteiger charge is -2.11. The van der Waals surface area contributed by atoms with E-state index in [1.165, 1.54) is 45.2 Å². The normalized spacial score (nSPS) is 32.5. The molecule has 0 aromatic rings. The van der Waals surface area contributed by atoms with Crippen LogP contribution in [0.2, 0.25) is 0 Å². The van der Waals surface area contributed by atoms with E-state index in [9.17, 15) is 0 Å². The number of hydrogen-bond donors (Lipinski definition) is 2. The second-order valence-corrected chi connectivity index (χ2v) is 5.36. The van der Waals surface area contributed by atoms with Crippen LogP contribution in [0.4, 0.5) is 0 Å². The zero-order valence-corrected chi connectivity index (χ0v) is 11.8. The smallest absolute Gasteiger partial charge is 0.0968 e. The van der Waals surface area contributed by atoms with Crippen LogP contribution < -0.4 is 10.9 Å². The van der Waals surface area contributed by atoms with Gasteiger partial charge >= 0.3 is 0 Å². The Morgan fingerprint density at radius 3 is 1.29 bits per heavy atom. The minimum Gasteiger partial charge on any atom is -0.232 e. The maximum absolute atomic E-state index is 3.52. The second-order valence-electron chi connectivity index (χ2n) is 5.36. The van der Waals surface area contributed by atoms with Gasteiger partial charge in [-0.2, -0.15) is 0 Å². The molecule has 2 unspecified atom stereocenters. The van der Waals surface area contributed by atoms with Gasteiger partial charge in [0.15, 0.2) is 0 Å². The van der Waals surface area contributed by atoms with Crippen LogP contribution in [0.3, 0.4) is 0 Å². The van der Waals surface area contributed by atoms with E-state index in [0.29, 0.717) is 11.3 Å². The van der Waals surface area contributed by atoms with Crippen molar-refractivity contribution in [3.05, 3.63) is 0 Å². The number of nitrogens with one attached hydrogen (secondary N) is 2. The van der Waals surface area contributed by atoms with Gasteiger partial charge in [-0.25, -0.2) is 20.9 Å². The van der Waals surface area contributed by atoms with Crippen molar-refractivity contribution >= 4 is 0 Å². The second kappa shape index (κ2) is 4.84. The molecule has 2 saturated heterocycles. The van der Waals surface area contributed by atoms with E-state index in [4.69, 9.17) is 0 Å². The van der Waals surface area contributed by atoms with Crippen LogP contribution >= 0.6 is 0 Å². The number of nitrogens with zero attached hydrogens (tertiary/aromatic N) is 2. The zero-order chi connectivity index (χ0) is 12.5. The first kappa shape index (κ1) is 13.3. The summed E-state index contributed by atoms with van der Waals surface area (Å²) in [4.78, 5) is 0. The van der Waals surface area contributed by atoms with Crippen LogP contribution in [0.15, 0.2) is 0 Å². The van der Waals surface area contributed by atoms with Gasteiger partial charge in [-0.3, -0.25) is 0 Å². The maximum atomic E-state index is 3.52. The van der Waals surface area contributed by atoms with Gasteiger partial charge in [0, 0.05) is 13.1 Å². The van der Waals surface area contributed by atoms with E-state index < -0.39 is 0 Å². The topological polar surface area (TPSA) is 49.9 Å². The highest BCUT2D eigenvalue weighted by Crippen LogP contribution is 2.34. The fraction of sp³-hybridized carbons (Fsp3) is 1.00. The molecule has 0 aromatic heterocycles. The standard InChI is InChI=1S/C13H28N4/c1-5-12(6-2)14-16(12)10-9-11-17-13(7-3,8-4)15-17/h14-15H,5-11H2,1-4H3. The highest BCUT2D eigenvalue weighted by Gasteiger charge is 2.50. The number of hydrazine groups is 2. The van der Waals surface area contributed by atoms with Crippen molar-refractivity contribution in [1.82, 2.24) is 20.9 Å². The predicted molar refractivity (Wildman–Crippen MR) is 70.9 cm³/mol. The van der Waals surface area contributed by atoms with Gasteiger partial charge in [0.25, 0.3) is 0 Å². The van der Waals surface area contributed by atoms with Crippen molar-refractivity contribution in [1.29, 1.82) is 0 Å². The molecular formula is C13H28N4. The summed E-state index contributed by atoms with van der Waals surface area (Å²) < 4.78 is 0. The first-order chi connectivity index (χ1) is 8.16. The lowest BCUT2D eigenvalue weighted by molar-refractivity contribution is 0.330. The molecule has 0 aliphatic carbocycles. The number of rotatable bonds is 8. The molecule has 2 fully saturated rings. The molecule has 2 atom stereocenters. The Bertz CT molecular complexity index is 232. The van der Waals surface area contributed by atoms with E-state index in [-0.39, 0.29) is 0 Å². The third-order valence-corrected chi connectivity index (χ3v) is 4.72. The van der Waals surface area contributed by atoms with Gasteiger partial charge in [-0.15, -0.1) is 0 Å². The van der Waals surface area contributed by atoms with E-state index in [2.05, 4.69) is 48.6 Å².